The molecular weight excluding hydrogens is 158 g/mol. The summed E-state index contributed by atoms with van der Waals surface area (Å²) >= 11 is 0. The minimum Gasteiger partial charge on any atom is -0.478 e. The molecule has 0 aliphatic heterocycles. The molecule has 1 rings (SSSR count). The fraction of sp³-hybridized carbons (Fsp3) is 0.125. The van der Waals surface area contributed by atoms with E-state index >= 15 is 0 Å². The van der Waals surface area contributed by atoms with Crippen LogP contribution < -0.4 is 0 Å². The van der Waals surface area contributed by atoms with E-state index in [0.29, 0.717) is 5.56 Å². The maximum atomic E-state index is 10.6. The maximum absolute atomic E-state index is 10.6. The second-order valence-corrected chi connectivity index (χ2v) is 2.25. The number of hydrogen-bond acceptors (Lipinski definition) is 3. The Morgan fingerprint density at radius 3 is 2.67 bits per heavy atom. The van der Waals surface area contributed by atoms with Crippen LogP contribution in [0.5, 0.6) is 0 Å². The van der Waals surface area contributed by atoms with Gasteiger partial charge in [-0.05, 0) is 11.6 Å². The zero-order valence-corrected chi connectivity index (χ0v) is 6.23. The summed E-state index contributed by atoms with van der Waals surface area (Å²) in [5.74, 6) is -1.03. The van der Waals surface area contributed by atoms with Gasteiger partial charge in [0.2, 0.25) is 0 Å². The Kier molecular flexibility index (Phi) is 2.53. The van der Waals surface area contributed by atoms with Crippen molar-refractivity contribution in [3.05, 3.63) is 40.3 Å². The molecule has 0 heterocycles. The molecule has 4 heteroatoms. The molecule has 0 bridgehead atoms. The molecule has 62 valence electrons. The van der Waals surface area contributed by atoms with E-state index < -0.39 is 5.97 Å². The third kappa shape index (κ3) is 1.66. The van der Waals surface area contributed by atoms with Crippen LogP contribution in [0, 0.1) is 4.91 Å². The van der Waals surface area contributed by atoms with Gasteiger partial charge in [-0.25, -0.2) is 4.79 Å². The van der Waals surface area contributed by atoms with Crippen LogP contribution in [0.2, 0.25) is 0 Å². The summed E-state index contributed by atoms with van der Waals surface area (Å²) in [6.07, 6.45) is 0. The third-order valence-corrected chi connectivity index (χ3v) is 1.48. The van der Waals surface area contributed by atoms with E-state index in [0.717, 1.165) is 0 Å². The number of aromatic carboxylic acids is 1. The van der Waals surface area contributed by atoms with Crippen LogP contribution in [0.15, 0.2) is 29.4 Å². The fourth-order valence-corrected chi connectivity index (χ4v) is 0.936. The highest BCUT2D eigenvalue weighted by molar-refractivity contribution is 5.89. The largest absolute Gasteiger partial charge is 0.478 e. The Hall–Kier alpha value is -1.71. The second-order valence-electron chi connectivity index (χ2n) is 2.25. The van der Waals surface area contributed by atoms with Crippen molar-refractivity contribution in [3.8, 4) is 0 Å². The number of carboxylic acid groups (broad SMARTS) is 1. The summed E-state index contributed by atoms with van der Waals surface area (Å²) < 4.78 is 0. The third-order valence-electron chi connectivity index (χ3n) is 1.48. The molecule has 0 atom stereocenters. The number of carboxylic acids is 1. The normalized spacial score (nSPS) is 9.33. The number of nitrogens with zero attached hydrogens (tertiary/aromatic N) is 1. The Balaban J connectivity index is 3.07. The Bertz CT molecular complexity index is 309. The highest BCUT2D eigenvalue weighted by Gasteiger charge is 2.07. The van der Waals surface area contributed by atoms with E-state index in [4.69, 9.17) is 5.11 Å². The van der Waals surface area contributed by atoms with E-state index in [-0.39, 0.29) is 12.1 Å². The fourth-order valence-electron chi connectivity index (χ4n) is 0.936. The molecule has 0 amide bonds. The van der Waals surface area contributed by atoms with Crippen LogP contribution in [0.1, 0.15) is 15.9 Å². The molecule has 0 aliphatic carbocycles. The minimum atomic E-state index is -1.03. The van der Waals surface area contributed by atoms with E-state index in [9.17, 15) is 9.70 Å². The average Bonchev–Trinajstić information content (AvgIpc) is 2.05. The molecule has 0 spiro atoms. The van der Waals surface area contributed by atoms with Crippen molar-refractivity contribution in [2.24, 2.45) is 5.18 Å². The van der Waals surface area contributed by atoms with Gasteiger partial charge in [0.15, 0.2) is 0 Å². The molecule has 0 saturated heterocycles. The number of nitroso groups, excluding NO2 is 1. The summed E-state index contributed by atoms with van der Waals surface area (Å²) in [4.78, 5) is 20.5. The van der Waals surface area contributed by atoms with Crippen LogP contribution in [-0.4, -0.2) is 11.1 Å². The molecule has 0 aromatic heterocycles. The van der Waals surface area contributed by atoms with Gasteiger partial charge in [-0.15, -0.1) is 0 Å². The molecule has 0 unspecified atom stereocenters. The van der Waals surface area contributed by atoms with Crippen molar-refractivity contribution in [1.82, 2.24) is 0 Å². The molecule has 12 heavy (non-hydrogen) atoms. The lowest BCUT2D eigenvalue weighted by molar-refractivity contribution is 0.0695. The molecule has 1 aromatic carbocycles. The monoisotopic (exact) mass is 165 g/mol. The molecule has 4 nitrogen and oxygen atoms in total. The first kappa shape index (κ1) is 8.39. The molecule has 0 aliphatic rings. The van der Waals surface area contributed by atoms with Crippen molar-refractivity contribution in [2.75, 3.05) is 0 Å². The molecule has 1 aromatic rings. The summed E-state index contributed by atoms with van der Waals surface area (Å²) in [6, 6.07) is 6.30. The van der Waals surface area contributed by atoms with Gasteiger partial charge in [0.05, 0.1) is 5.56 Å². The highest BCUT2D eigenvalue weighted by atomic mass is 16.4. The number of hydrogen-bond donors (Lipinski definition) is 1. The summed E-state index contributed by atoms with van der Waals surface area (Å²) in [7, 11) is 0. The lowest BCUT2D eigenvalue weighted by atomic mass is 10.1. The first-order chi connectivity index (χ1) is 5.75. The molecule has 0 radical (unpaired) electrons. The van der Waals surface area contributed by atoms with Gasteiger partial charge < -0.3 is 5.11 Å². The zero-order valence-electron chi connectivity index (χ0n) is 6.23. The Morgan fingerprint density at radius 2 is 2.08 bits per heavy atom. The van der Waals surface area contributed by atoms with Crippen LogP contribution in [0.4, 0.5) is 0 Å². The summed E-state index contributed by atoms with van der Waals surface area (Å²) in [5, 5.41) is 11.3. The quantitative estimate of drug-likeness (QED) is 0.692. The van der Waals surface area contributed by atoms with Gasteiger partial charge in [-0.1, -0.05) is 23.4 Å². The zero-order chi connectivity index (χ0) is 8.97. The van der Waals surface area contributed by atoms with E-state index in [2.05, 4.69) is 5.18 Å². The van der Waals surface area contributed by atoms with Crippen LogP contribution in [0.3, 0.4) is 0 Å². The predicted molar refractivity (Wildman–Crippen MR) is 42.9 cm³/mol. The highest BCUT2D eigenvalue weighted by Crippen LogP contribution is 2.09. The first-order valence-electron chi connectivity index (χ1n) is 3.36. The van der Waals surface area contributed by atoms with Crippen molar-refractivity contribution >= 4 is 5.97 Å². The minimum absolute atomic E-state index is 0.0948. The maximum Gasteiger partial charge on any atom is 0.336 e. The van der Waals surface area contributed by atoms with Crippen LogP contribution >= 0.6 is 0 Å². The van der Waals surface area contributed by atoms with Gasteiger partial charge in [0.1, 0.15) is 6.54 Å². The van der Waals surface area contributed by atoms with Crippen molar-refractivity contribution < 1.29 is 9.90 Å². The number of rotatable bonds is 3. The van der Waals surface area contributed by atoms with Gasteiger partial charge in [-0.3, -0.25) is 0 Å². The van der Waals surface area contributed by atoms with Crippen molar-refractivity contribution in [3.63, 3.8) is 0 Å². The van der Waals surface area contributed by atoms with Crippen LogP contribution in [-0.2, 0) is 6.54 Å². The smallest absolute Gasteiger partial charge is 0.336 e. The Labute approximate surface area is 68.8 Å². The molecular formula is C8H7NO3. The van der Waals surface area contributed by atoms with E-state index in [1.54, 1.807) is 18.2 Å². The second kappa shape index (κ2) is 3.61. The molecule has 1 N–H and O–H groups in total. The summed E-state index contributed by atoms with van der Waals surface area (Å²) in [5.41, 5.74) is 0.581. The lowest BCUT2D eigenvalue weighted by Gasteiger charge is -1.99. The first-order valence-corrected chi connectivity index (χ1v) is 3.36. The predicted octanol–water partition coefficient (Wildman–Crippen LogP) is 1.65. The topological polar surface area (TPSA) is 66.7 Å². The van der Waals surface area contributed by atoms with E-state index in [1.807, 2.05) is 0 Å². The van der Waals surface area contributed by atoms with Gasteiger partial charge in [0.25, 0.3) is 0 Å². The lowest BCUT2D eigenvalue weighted by Crippen LogP contribution is -2.00. The SMILES string of the molecule is O=NCc1ccccc1C(=O)O. The average molecular weight is 165 g/mol. The van der Waals surface area contributed by atoms with Gasteiger partial charge in [0, 0.05) is 0 Å². The van der Waals surface area contributed by atoms with E-state index in [1.165, 1.54) is 6.07 Å². The van der Waals surface area contributed by atoms with Crippen molar-refractivity contribution in [1.29, 1.82) is 0 Å². The summed E-state index contributed by atoms with van der Waals surface area (Å²) in [6.45, 7) is -0.0948. The van der Waals surface area contributed by atoms with Gasteiger partial charge in [-0.2, -0.15) is 4.91 Å². The number of carbonyl (C=O) groups is 1. The molecule has 0 fully saturated rings. The molecule has 0 saturated carbocycles. The number of benzene rings is 1. The Morgan fingerprint density at radius 1 is 1.42 bits per heavy atom. The van der Waals surface area contributed by atoms with Gasteiger partial charge >= 0.3 is 5.97 Å². The standard InChI is InChI=1S/C8H7NO3/c10-8(11)7-4-2-1-3-6(7)5-9-12/h1-4H,5H2,(H,10,11). The van der Waals surface area contributed by atoms with Crippen molar-refractivity contribution in [2.45, 2.75) is 6.54 Å². The van der Waals surface area contributed by atoms with Crippen LogP contribution in [0.25, 0.3) is 0 Å².